The fraction of sp³-hybridized carbons (Fsp3) is 0.250. The van der Waals surface area contributed by atoms with Crippen LogP contribution in [0.15, 0.2) is 12.1 Å². The molecule has 0 bridgehead atoms. The van der Waals surface area contributed by atoms with Crippen LogP contribution in [0.1, 0.15) is 5.56 Å². The molecule has 1 rings (SSSR count). The molecule has 1 aromatic carbocycles. The van der Waals surface area contributed by atoms with Crippen molar-refractivity contribution in [2.75, 3.05) is 18.4 Å². The number of benzene rings is 1. The molecule has 1 aromatic rings. The molecule has 9 heteroatoms. The normalized spacial score (nSPS) is 9.86. The first-order chi connectivity index (χ1) is 9.81. The van der Waals surface area contributed by atoms with Gasteiger partial charge in [-0.2, -0.15) is 0 Å². The van der Waals surface area contributed by atoms with E-state index in [1.165, 1.54) is 0 Å². The summed E-state index contributed by atoms with van der Waals surface area (Å²) in [4.78, 5) is 33.1. The van der Waals surface area contributed by atoms with Crippen LogP contribution in [0.25, 0.3) is 0 Å². The second-order valence-electron chi connectivity index (χ2n) is 4.03. The zero-order valence-corrected chi connectivity index (χ0v) is 12.5. The molecule has 0 fully saturated rings. The predicted octanol–water partition coefficient (Wildman–Crippen LogP) is 1.62. The Labute approximate surface area is 130 Å². The summed E-state index contributed by atoms with van der Waals surface area (Å²) < 4.78 is 0. The molecular weight excluding hydrogens is 321 g/mol. The summed E-state index contributed by atoms with van der Waals surface area (Å²) in [6, 6.07) is 2.60. The van der Waals surface area contributed by atoms with Crippen LogP contribution in [-0.2, 0) is 9.59 Å². The number of hydrogen-bond donors (Lipinski definition) is 4. The van der Waals surface area contributed by atoms with Crippen LogP contribution in [0.5, 0.6) is 0 Å². The van der Waals surface area contributed by atoms with E-state index in [-0.39, 0.29) is 17.3 Å². The lowest BCUT2D eigenvalue weighted by Gasteiger charge is -2.12. The molecule has 0 aromatic heterocycles. The number of rotatable bonds is 5. The Morgan fingerprint density at radius 1 is 1.14 bits per heavy atom. The van der Waals surface area contributed by atoms with Gasteiger partial charge in [0.15, 0.2) is 0 Å². The van der Waals surface area contributed by atoms with Crippen molar-refractivity contribution in [3.05, 3.63) is 27.7 Å². The van der Waals surface area contributed by atoms with E-state index in [4.69, 9.17) is 28.3 Å². The van der Waals surface area contributed by atoms with Crippen molar-refractivity contribution in [3.63, 3.8) is 0 Å². The van der Waals surface area contributed by atoms with Crippen molar-refractivity contribution in [2.45, 2.75) is 6.92 Å². The molecule has 0 aliphatic rings. The summed E-state index contributed by atoms with van der Waals surface area (Å²) in [5, 5.41) is 15.7. The molecule has 7 nitrogen and oxygen atoms in total. The number of aryl methyl sites for hydroxylation is 1. The lowest BCUT2D eigenvalue weighted by atomic mass is 10.2. The van der Waals surface area contributed by atoms with Gasteiger partial charge in [-0.1, -0.05) is 29.3 Å². The van der Waals surface area contributed by atoms with Crippen molar-refractivity contribution >= 4 is 46.8 Å². The maximum atomic E-state index is 11.6. The number of carbonyl (C=O) groups is 3. The van der Waals surface area contributed by atoms with Gasteiger partial charge in [0.05, 0.1) is 22.3 Å². The minimum absolute atomic E-state index is 0.238. The van der Waals surface area contributed by atoms with Gasteiger partial charge in [-0.05, 0) is 18.6 Å². The summed E-state index contributed by atoms with van der Waals surface area (Å²) in [6.07, 6.45) is 0. The Bertz CT molecular complexity index is 578. The van der Waals surface area contributed by atoms with E-state index in [1.807, 2.05) is 0 Å². The van der Waals surface area contributed by atoms with E-state index in [1.54, 1.807) is 19.1 Å². The maximum Gasteiger partial charge on any atom is 0.322 e. The zero-order valence-electron chi connectivity index (χ0n) is 11.0. The largest absolute Gasteiger partial charge is 0.480 e. The quantitative estimate of drug-likeness (QED) is 0.656. The molecule has 114 valence electrons. The summed E-state index contributed by atoms with van der Waals surface area (Å²) in [5.41, 5.74) is 0.970. The lowest BCUT2D eigenvalue weighted by molar-refractivity contribution is -0.137. The number of aliphatic carboxylic acids is 1. The smallest absolute Gasteiger partial charge is 0.322 e. The third-order valence-electron chi connectivity index (χ3n) is 2.37. The maximum absolute atomic E-state index is 11.6. The lowest BCUT2D eigenvalue weighted by Crippen LogP contribution is -2.40. The molecule has 0 spiro atoms. The van der Waals surface area contributed by atoms with E-state index in [0.717, 1.165) is 5.56 Å². The summed E-state index contributed by atoms with van der Waals surface area (Å²) >= 11 is 11.9. The fourth-order valence-corrected chi connectivity index (χ4v) is 1.79. The Balaban J connectivity index is 2.53. The van der Waals surface area contributed by atoms with E-state index in [2.05, 4.69) is 16.0 Å². The van der Waals surface area contributed by atoms with E-state index in [0.29, 0.717) is 5.02 Å². The monoisotopic (exact) mass is 333 g/mol. The van der Waals surface area contributed by atoms with Gasteiger partial charge in [0.1, 0.15) is 6.54 Å². The summed E-state index contributed by atoms with van der Waals surface area (Å²) in [7, 11) is 0. The molecule has 0 atom stereocenters. The van der Waals surface area contributed by atoms with E-state index < -0.39 is 24.5 Å². The molecule has 0 unspecified atom stereocenters. The first-order valence-electron chi connectivity index (χ1n) is 5.79. The van der Waals surface area contributed by atoms with Crippen molar-refractivity contribution in [1.82, 2.24) is 10.6 Å². The SMILES string of the molecule is Cc1ccc(Cl)c(NC(=O)NCC(=O)NCC(=O)O)c1Cl. The number of halogens is 2. The summed E-state index contributed by atoms with van der Waals surface area (Å²) in [5.74, 6) is -1.81. The average molecular weight is 334 g/mol. The predicted molar refractivity (Wildman–Crippen MR) is 78.9 cm³/mol. The molecular formula is C12H13Cl2N3O4. The van der Waals surface area contributed by atoms with Gasteiger partial charge in [-0.3, -0.25) is 9.59 Å². The first-order valence-corrected chi connectivity index (χ1v) is 6.54. The van der Waals surface area contributed by atoms with Crippen LogP contribution in [-0.4, -0.2) is 36.1 Å². The van der Waals surface area contributed by atoms with Crippen LogP contribution < -0.4 is 16.0 Å². The highest BCUT2D eigenvalue weighted by Crippen LogP contribution is 2.32. The van der Waals surface area contributed by atoms with E-state index in [9.17, 15) is 14.4 Å². The Hall–Kier alpha value is -1.99. The first kappa shape index (κ1) is 17.1. The van der Waals surface area contributed by atoms with Crippen LogP contribution in [0.3, 0.4) is 0 Å². The highest BCUT2D eigenvalue weighted by molar-refractivity contribution is 6.40. The number of hydrogen-bond acceptors (Lipinski definition) is 3. The molecule has 21 heavy (non-hydrogen) atoms. The number of carbonyl (C=O) groups excluding carboxylic acids is 2. The highest BCUT2D eigenvalue weighted by Gasteiger charge is 2.12. The number of nitrogens with one attached hydrogen (secondary N) is 3. The molecule has 0 saturated heterocycles. The molecule has 0 aliphatic heterocycles. The molecule has 0 saturated carbocycles. The van der Waals surface area contributed by atoms with Gasteiger partial charge >= 0.3 is 12.0 Å². The fourth-order valence-electron chi connectivity index (χ4n) is 1.33. The molecule has 4 N–H and O–H groups in total. The second-order valence-corrected chi connectivity index (χ2v) is 4.82. The third-order valence-corrected chi connectivity index (χ3v) is 3.17. The van der Waals surface area contributed by atoms with Gasteiger partial charge in [-0.15, -0.1) is 0 Å². The number of anilines is 1. The van der Waals surface area contributed by atoms with Crippen molar-refractivity contribution in [1.29, 1.82) is 0 Å². The summed E-state index contributed by atoms with van der Waals surface area (Å²) in [6.45, 7) is 0.860. The third kappa shape index (κ3) is 5.49. The van der Waals surface area contributed by atoms with Gasteiger partial charge < -0.3 is 21.1 Å². The van der Waals surface area contributed by atoms with E-state index >= 15 is 0 Å². The second kappa shape index (κ2) is 7.70. The van der Waals surface area contributed by atoms with Crippen LogP contribution >= 0.6 is 23.2 Å². The van der Waals surface area contributed by atoms with Crippen molar-refractivity contribution in [2.24, 2.45) is 0 Å². The molecule has 0 heterocycles. The molecule has 0 aliphatic carbocycles. The van der Waals surface area contributed by atoms with Crippen molar-refractivity contribution in [3.8, 4) is 0 Å². The van der Waals surface area contributed by atoms with Gasteiger partial charge in [0, 0.05) is 0 Å². The number of carboxylic acids is 1. The van der Waals surface area contributed by atoms with Gasteiger partial charge in [-0.25, -0.2) is 4.79 Å². The van der Waals surface area contributed by atoms with Gasteiger partial charge in [0.25, 0.3) is 0 Å². The minimum atomic E-state index is -1.17. The van der Waals surface area contributed by atoms with Crippen LogP contribution in [0.4, 0.5) is 10.5 Å². The van der Waals surface area contributed by atoms with Crippen LogP contribution in [0, 0.1) is 6.92 Å². The zero-order chi connectivity index (χ0) is 16.0. The van der Waals surface area contributed by atoms with Crippen molar-refractivity contribution < 1.29 is 19.5 Å². The minimum Gasteiger partial charge on any atom is -0.480 e. The highest BCUT2D eigenvalue weighted by atomic mass is 35.5. The topological polar surface area (TPSA) is 108 Å². The Kier molecular flexibility index (Phi) is 6.26. The number of amides is 3. The standard InChI is InChI=1S/C12H13Cl2N3O4/c1-6-2-3-7(13)11(10(6)14)17-12(21)16-4-8(18)15-5-9(19)20/h2-3H,4-5H2,1H3,(H,15,18)(H,19,20)(H2,16,17,21). The average Bonchev–Trinajstić information content (AvgIpc) is 2.43. The number of urea groups is 1. The Morgan fingerprint density at radius 3 is 2.43 bits per heavy atom. The molecule has 3 amide bonds. The molecule has 0 radical (unpaired) electrons. The van der Waals surface area contributed by atoms with Gasteiger partial charge in [0.2, 0.25) is 5.91 Å². The number of carboxylic acid groups (broad SMARTS) is 1. The Morgan fingerprint density at radius 2 is 1.81 bits per heavy atom. The van der Waals surface area contributed by atoms with Crippen LogP contribution in [0.2, 0.25) is 10.0 Å².